The van der Waals surface area contributed by atoms with Gasteiger partial charge in [0.25, 0.3) is 5.65 Å². The van der Waals surface area contributed by atoms with Gasteiger partial charge in [0, 0.05) is 29.3 Å². The van der Waals surface area contributed by atoms with Crippen LogP contribution in [0.1, 0.15) is 30.0 Å². The molecule has 6 rings (SSSR count). The number of benzene rings is 2. The lowest BCUT2D eigenvalue weighted by atomic mass is 10.1. The molecule has 0 bridgehead atoms. The standard InChI is InChI=1S/C26H22N3.BrH/c1-3-9-19(10-4-1)18-29-24-13-7-8-16-28(24)23-17-22(20-14-15-20)27-25(26(23)29)21-11-5-2-6-12-21;/h1-13,16-17,20H,14-15,18H2;1H/q+1;/p-1. The molecule has 3 heterocycles. The Morgan fingerprint density at radius 2 is 1.57 bits per heavy atom. The number of aromatic nitrogens is 3. The molecule has 1 fully saturated rings. The smallest absolute Gasteiger partial charge is 0.287 e. The second-order valence-electron chi connectivity index (χ2n) is 7.90. The number of hydrogen-bond donors (Lipinski definition) is 0. The van der Waals surface area contributed by atoms with Crippen LogP contribution in [0, 0.1) is 0 Å². The summed E-state index contributed by atoms with van der Waals surface area (Å²) in [6, 6.07) is 30.0. The van der Waals surface area contributed by atoms with Gasteiger partial charge >= 0.3 is 0 Å². The molecule has 148 valence electrons. The largest absolute Gasteiger partial charge is 1.00 e. The maximum absolute atomic E-state index is 5.20. The summed E-state index contributed by atoms with van der Waals surface area (Å²) < 4.78 is 4.73. The van der Waals surface area contributed by atoms with Crippen LogP contribution in [0.2, 0.25) is 0 Å². The number of halogens is 1. The number of rotatable bonds is 4. The normalized spacial score (nSPS) is 13.5. The summed E-state index contributed by atoms with van der Waals surface area (Å²) in [5, 5.41) is 0. The van der Waals surface area contributed by atoms with Gasteiger partial charge in [-0.05, 0) is 24.5 Å². The third-order valence-electron chi connectivity index (χ3n) is 5.86. The molecule has 1 aliphatic carbocycles. The van der Waals surface area contributed by atoms with Crippen molar-refractivity contribution >= 4 is 16.7 Å². The average molecular weight is 456 g/mol. The minimum Gasteiger partial charge on any atom is -1.00 e. The van der Waals surface area contributed by atoms with Crippen LogP contribution in [0.4, 0.5) is 0 Å². The second kappa shape index (κ2) is 7.69. The molecule has 3 nitrogen and oxygen atoms in total. The minimum absolute atomic E-state index is 0. The van der Waals surface area contributed by atoms with Gasteiger partial charge in [0.15, 0.2) is 5.52 Å². The Labute approximate surface area is 186 Å². The van der Waals surface area contributed by atoms with Crippen LogP contribution in [0.3, 0.4) is 0 Å². The molecular weight excluding hydrogens is 434 g/mol. The molecule has 0 spiro atoms. The third kappa shape index (κ3) is 3.21. The fourth-order valence-electron chi connectivity index (χ4n) is 4.28. The molecule has 0 radical (unpaired) electrons. The number of pyridine rings is 2. The van der Waals surface area contributed by atoms with Crippen molar-refractivity contribution in [2.75, 3.05) is 0 Å². The Kier molecular flexibility index (Phi) is 4.87. The molecule has 0 amide bonds. The Morgan fingerprint density at radius 1 is 0.867 bits per heavy atom. The van der Waals surface area contributed by atoms with Crippen LogP contribution in [-0.4, -0.2) is 9.38 Å². The van der Waals surface area contributed by atoms with Gasteiger partial charge in [0.05, 0.1) is 6.20 Å². The van der Waals surface area contributed by atoms with Crippen molar-refractivity contribution in [1.29, 1.82) is 0 Å². The van der Waals surface area contributed by atoms with Crippen molar-refractivity contribution in [3.63, 3.8) is 0 Å². The molecule has 0 unspecified atom stereocenters. The first-order chi connectivity index (χ1) is 14.4. The molecule has 0 aliphatic heterocycles. The fourth-order valence-corrected chi connectivity index (χ4v) is 4.28. The van der Waals surface area contributed by atoms with Crippen molar-refractivity contribution in [3.8, 4) is 11.3 Å². The van der Waals surface area contributed by atoms with Crippen molar-refractivity contribution in [2.24, 2.45) is 0 Å². The van der Waals surface area contributed by atoms with Gasteiger partial charge in [-0.1, -0.05) is 66.7 Å². The lowest BCUT2D eigenvalue weighted by Gasteiger charge is -2.07. The fraction of sp³-hybridized carbons (Fsp3) is 0.154. The van der Waals surface area contributed by atoms with Crippen LogP contribution in [-0.2, 0) is 6.54 Å². The monoisotopic (exact) mass is 455 g/mol. The lowest BCUT2D eigenvalue weighted by molar-refractivity contribution is -0.636. The SMILES string of the molecule is [Br-].c1ccc(C[n+]2c3c(-c4ccccc4)nc(C4CC4)cc3n3ccccc32)cc1. The molecule has 3 aromatic heterocycles. The molecule has 4 heteroatoms. The van der Waals surface area contributed by atoms with Gasteiger partial charge in [0.1, 0.15) is 12.2 Å². The Bertz CT molecular complexity index is 1320. The quantitative estimate of drug-likeness (QED) is 0.381. The first kappa shape index (κ1) is 19.0. The van der Waals surface area contributed by atoms with E-state index in [-0.39, 0.29) is 17.0 Å². The molecule has 0 N–H and O–H groups in total. The first-order valence-electron chi connectivity index (χ1n) is 10.3. The zero-order chi connectivity index (χ0) is 19.2. The summed E-state index contributed by atoms with van der Waals surface area (Å²) >= 11 is 0. The predicted octanol–water partition coefficient (Wildman–Crippen LogP) is 2.37. The molecule has 0 atom stereocenters. The Balaban J connectivity index is 0.00000193. The molecule has 1 aliphatic rings. The van der Waals surface area contributed by atoms with Gasteiger partial charge in [-0.25, -0.2) is 9.55 Å². The third-order valence-corrected chi connectivity index (χ3v) is 5.86. The molecule has 5 aromatic rings. The zero-order valence-electron chi connectivity index (χ0n) is 16.6. The summed E-state index contributed by atoms with van der Waals surface area (Å²) in [4.78, 5) is 5.20. The molecule has 0 saturated heterocycles. The summed E-state index contributed by atoms with van der Waals surface area (Å²) in [6.45, 7) is 0.822. The van der Waals surface area contributed by atoms with E-state index in [1.165, 1.54) is 46.3 Å². The highest BCUT2D eigenvalue weighted by molar-refractivity contribution is 5.89. The van der Waals surface area contributed by atoms with Crippen molar-refractivity contribution in [3.05, 3.63) is 102 Å². The van der Waals surface area contributed by atoms with Crippen LogP contribution in [0.25, 0.3) is 27.9 Å². The van der Waals surface area contributed by atoms with E-state index in [4.69, 9.17) is 4.98 Å². The summed E-state index contributed by atoms with van der Waals surface area (Å²) in [5.74, 6) is 0.610. The zero-order valence-corrected chi connectivity index (χ0v) is 18.2. The molecule has 1 saturated carbocycles. The van der Waals surface area contributed by atoms with Crippen molar-refractivity contribution in [1.82, 2.24) is 9.38 Å². The highest BCUT2D eigenvalue weighted by Crippen LogP contribution is 2.41. The molecular formula is C26H22BrN3. The summed E-state index contributed by atoms with van der Waals surface area (Å²) in [6.07, 6.45) is 4.67. The maximum atomic E-state index is 5.20. The number of fused-ring (bicyclic) bond motifs is 3. The van der Waals surface area contributed by atoms with E-state index < -0.39 is 0 Å². The second-order valence-corrected chi connectivity index (χ2v) is 7.90. The number of nitrogens with zero attached hydrogens (tertiary/aromatic N) is 3. The first-order valence-corrected chi connectivity index (χ1v) is 10.3. The van der Waals surface area contributed by atoms with Crippen LogP contribution in [0.15, 0.2) is 91.1 Å². The number of imidazole rings is 1. The van der Waals surface area contributed by atoms with Gasteiger partial charge in [-0.2, -0.15) is 4.40 Å². The van der Waals surface area contributed by atoms with Gasteiger partial charge in [0.2, 0.25) is 5.52 Å². The number of hydrogen-bond acceptors (Lipinski definition) is 1. The lowest BCUT2D eigenvalue weighted by Crippen LogP contribution is -3.00. The highest BCUT2D eigenvalue weighted by Gasteiger charge is 2.30. The van der Waals surface area contributed by atoms with E-state index in [9.17, 15) is 0 Å². The van der Waals surface area contributed by atoms with E-state index in [1.54, 1.807) is 0 Å². The van der Waals surface area contributed by atoms with E-state index in [0.29, 0.717) is 5.92 Å². The van der Waals surface area contributed by atoms with Crippen LogP contribution >= 0.6 is 0 Å². The molecule has 2 aromatic carbocycles. The topological polar surface area (TPSA) is 21.2 Å². The highest BCUT2D eigenvalue weighted by atomic mass is 79.9. The summed E-state index contributed by atoms with van der Waals surface area (Å²) in [5.41, 5.74) is 8.43. The van der Waals surface area contributed by atoms with Gasteiger partial charge in [-0.15, -0.1) is 0 Å². The Hall–Kier alpha value is -2.98. The van der Waals surface area contributed by atoms with E-state index in [2.05, 4.69) is 100 Å². The van der Waals surface area contributed by atoms with Crippen molar-refractivity contribution in [2.45, 2.75) is 25.3 Å². The minimum atomic E-state index is 0. The average Bonchev–Trinajstić information content (AvgIpc) is 3.59. The van der Waals surface area contributed by atoms with Crippen molar-refractivity contribution < 1.29 is 21.5 Å². The van der Waals surface area contributed by atoms with Gasteiger partial charge in [-0.3, -0.25) is 0 Å². The van der Waals surface area contributed by atoms with E-state index in [0.717, 1.165) is 12.2 Å². The van der Waals surface area contributed by atoms with E-state index >= 15 is 0 Å². The van der Waals surface area contributed by atoms with Crippen LogP contribution in [0.5, 0.6) is 0 Å². The summed E-state index contributed by atoms with van der Waals surface area (Å²) in [7, 11) is 0. The van der Waals surface area contributed by atoms with Crippen LogP contribution < -0.4 is 21.5 Å². The maximum Gasteiger partial charge on any atom is 0.287 e. The Morgan fingerprint density at radius 3 is 2.30 bits per heavy atom. The van der Waals surface area contributed by atoms with Gasteiger partial charge < -0.3 is 17.0 Å². The van der Waals surface area contributed by atoms with E-state index in [1.807, 2.05) is 0 Å². The predicted molar refractivity (Wildman–Crippen MR) is 116 cm³/mol. The molecule has 30 heavy (non-hydrogen) atoms.